The molecule has 0 radical (unpaired) electrons. The van der Waals surface area contributed by atoms with Crippen LogP contribution in [0.3, 0.4) is 0 Å². The second kappa shape index (κ2) is 14.1. The summed E-state index contributed by atoms with van der Waals surface area (Å²) in [7, 11) is 1.18. The number of carbonyl (C=O) groups is 4. The molecule has 1 aliphatic carbocycles. The number of carbonyl (C=O) groups excluding carboxylic acids is 4. The van der Waals surface area contributed by atoms with E-state index in [0.29, 0.717) is 19.3 Å². The van der Waals surface area contributed by atoms with E-state index in [9.17, 15) is 24.3 Å². The molecule has 3 rings (SSSR count). The molecule has 2 aromatic carbocycles. The van der Waals surface area contributed by atoms with Crippen LogP contribution in [0, 0.1) is 0 Å². The molecule has 0 heterocycles. The Kier molecular flexibility index (Phi) is 10.7. The zero-order valence-electron chi connectivity index (χ0n) is 21.4. The monoisotopic (exact) mass is 526 g/mol. The molecule has 0 saturated heterocycles. The van der Waals surface area contributed by atoms with Gasteiger partial charge in [0, 0.05) is 6.42 Å². The third kappa shape index (κ3) is 8.04. The molecular formula is C28H34N2O8. The van der Waals surface area contributed by atoms with Gasteiger partial charge in [-0.25, -0.2) is 9.59 Å². The minimum atomic E-state index is -1.65. The summed E-state index contributed by atoms with van der Waals surface area (Å²) in [5.74, 6) is -2.08. The Labute approximate surface area is 221 Å². The number of amides is 2. The van der Waals surface area contributed by atoms with Crippen molar-refractivity contribution in [1.29, 1.82) is 0 Å². The molecule has 204 valence electrons. The van der Waals surface area contributed by atoms with Crippen LogP contribution in [0.15, 0.2) is 60.7 Å². The Balaban J connectivity index is 1.67. The quantitative estimate of drug-likeness (QED) is 0.300. The number of nitrogens with one attached hydrogen (secondary N) is 2. The summed E-state index contributed by atoms with van der Waals surface area (Å²) in [6.45, 7) is 0.0473. The molecule has 3 N–H and O–H groups in total. The maximum Gasteiger partial charge on any atom is 0.408 e. The summed E-state index contributed by atoms with van der Waals surface area (Å²) in [4.78, 5) is 50.9. The number of ether oxygens (including phenoxy) is 3. The lowest BCUT2D eigenvalue weighted by molar-refractivity contribution is -0.159. The van der Waals surface area contributed by atoms with Gasteiger partial charge in [0.25, 0.3) is 0 Å². The highest BCUT2D eigenvalue weighted by Gasteiger charge is 2.49. The van der Waals surface area contributed by atoms with Crippen LogP contribution in [0.2, 0.25) is 0 Å². The van der Waals surface area contributed by atoms with Gasteiger partial charge in [-0.3, -0.25) is 9.59 Å². The Hall–Kier alpha value is -3.92. The zero-order valence-corrected chi connectivity index (χ0v) is 21.4. The fourth-order valence-electron chi connectivity index (χ4n) is 4.33. The van der Waals surface area contributed by atoms with Crippen molar-refractivity contribution in [3.05, 3.63) is 71.8 Å². The van der Waals surface area contributed by atoms with Gasteiger partial charge in [0.15, 0.2) is 5.54 Å². The molecule has 0 spiro atoms. The number of aliphatic hydroxyl groups excluding tert-OH is 1. The van der Waals surface area contributed by atoms with Gasteiger partial charge in [-0.05, 0) is 30.4 Å². The predicted molar refractivity (Wildman–Crippen MR) is 136 cm³/mol. The Bertz CT molecular complexity index is 1080. The first kappa shape index (κ1) is 28.6. The SMILES string of the molecule is COC(=O)[C@@]1(NC(=O)[C@H](CCC(=O)OCc2ccccc2)NC(=O)OCc2ccccc2)CCCC[C@@H]1O. The van der Waals surface area contributed by atoms with Crippen molar-refractivity contribution in [2.75, 3.05) is 7.11 Å². The molecule has 0 bridgehead atoms. The Morgan fingerprint density at radius 2 is 1.55 bits per heavy atom. The van der Waals surface area contributed by atoms with Gasteiger partial charge in [0.2, 0.25) is 5.91 Å². The van der Waals surface area contributed by atoms with Crippen LogP contribution in [0.1, 0.15) is 49.7 Å². The van der Waals surface area contributed by atoms with Gasteiger partial charge in [-0.15, -0.1) is 0 Å². The highest BCUT2D eigenvalue weighted by Crippen LogP contribution is 2.30. The topological polar surface area (TPSA) is 140 Å². The number of esters is 2. The van der Waals surface area contributed by atoms with Crippen molar-refractivity contribution in [3.8, 4) is 0 Å². The van der Waals surface area contributed by atoms with Crippen molar-refractivity contribution < 1.29 is 38.5 Å². The molecule has 0 aliphatic heterocycles. The molecule has 1 saturated carbocycles. The summed E-state index contributed by atoms with van der Waals surface area (Å²) in [6, 6.07) is 16.9. The van der Waals surface area contributed by atoms with Crippen LogP contribution in [0.25, 0.3) is 0 Å². The van der Waals surface area contributed by atoms with Gasteiger partial charge in [-0.2, -0.15) is 0 Å². The molecule has 2 aromatic rings. The van der Waals surface area contributed by atoms with Crippen LogP contribution >= 0.6 is 0 Å². The van der Waals surface area contributed by atoms with Crippen LogP contribution in [-0.2, 0) is 41.8 Å². The number of methoxy groups -OCH3 is 1. The number of rotatable bonds is 11. The van der Waals surface area contributed by atoms with Crippen LogP contribution in [0.5, 0.6) is 0 Å². The van der Waals surface area contributed by atoms with Crippen molar-refractivity contribution >= 4 is 23.9 Å². The first-order valence-corrected chi connectivity index (χ1v) is 12.6. The van der Waals surface area contributed by atoms with E-state index in [4.69, 9.17) is 14.2 Å². The standard InChI is InChI=1S/C28H34N2O8/c1-36-26(34)28(17-9-8-14-23(28)31)30-25(33)22(29-27(35)38-19-21-12-6-3-7-13-21)15-16-24(32)37-18-20-10-4-2-5-11-20/h2-7,10-13,22-23,31H,8-9,14-19H2,1H3,(H,29,35)(H,30,33)/t22-,23-,28+/m0/s1. The van der Waals surface area contributed by atoms with E-state index < -0.39 is 41.6 Å². The largest absolute Gasteiger partial charge is 0.467 e. The average Bonchev–Trinajstić information content (AvgIpc) is 2.94. The van der Waals surface area contributed by atoms with Crippen molar-refractivity contribution in [2.24, 2.45) is 0 Å². The average molecular weight is 527 g/mol. The Morgan fingerprint density at radius 1 is 0.947 bits per heavy atom. The second-order valence-corrected chi connectivity index (χ2v) is 9.16. The molecule has 38 heavy (non-hydrogen) atoms. The van der Waals surface area contributed by atoms with E-state index >= 15 is 0 Å². The number of hydrogen-bond acceptors (Lipinski definition) is 8. The molecule has 1 aliphatic rings. The molecule has 1 fully saturated rings. The minimum absolute atomic E-state index is 0.0229. The number of hydrogen-bond donors (Lipinski definition) is 3. The summed E-state index contributed by atoms with van der Waals surface area (Å²) in [6.07, 6.45) is -0.566. The predicted octanol–water partition coefficient (Wildman–Crippen LogP) is 2.77. The molecular weight excluding hydrogens is 492 g/mol. The van der Waals surface area contributed by atoms with Gasteiger partial charge >= 0.3 is 18.0 Å². The van der Waals surface area contributed by atoms with Crippen molar-refractivity contribution in [2.45, 2.75) is 69.4 Å². The van der Waals surface area contributed by atoms with Crippen LogP contribution in [-0.4, -0.2) is 53.8 Å². The van der Waals surface area contributed by atoms with Crippen molar-refractivity contribution in [3.63, 3.8) is 0 Å². The third-order valence-electron chi connectivity index (χ3n) is 6.46. The van der Waals surface area contributed by atoms with Gasteiger partial charge in [-0.1, -0.05) is 73.5 Å². The lowest BCUT2D eigenvalue weighted by Gasteiger charge is -2.40. The van der Waals surface area contributed by atoms with Gasteiger partial charge in [0.05, 0.1) is 13.2 Å². The fourth-order valence-corrected chi connectivity index (χ4v) is 4.33. The first-order chi connectivity index (χ1) is 18.3. The highest BCUT2D eigenvalue weighted by atomic mass is 16.5. The molecule has 3 atom stereocenters. The lowest BCUT2D eigenvalue weighted by atomic mass is 9.78. The van der Waals surface area contributed by atoms with E-state index in [1.165, 1.54) is 7.11 Å². The van der Waals surface area contributed by atoms with E-state index in [2.05, 4.69) is 10.6 Å². The molecule has 0 aromatic heterocycles. The van der Waals surface area contributed by atoms with E-state index in [0.717, 1.165) is 11.1 Å². The summed E-state index contributed by atoms with van der Waals surface area (Å²) < 4.78 is 15.4. The highest BCUT2D eigenvalue weighted by molar-refractivity contribution is 5.92. The van der Waals surface area contributed by atoms with E-state index in [-0.39, 0.29) is 32.5 Å². The zero-order chi connectivity index (χ0) is 27.4. The third-order valence-corrected chi connectivity index (χ3v) is 6.46. The second-order valence-electron chi connectivity index (χ2n) is 9.16. The molecule has 10 nitrogen and oxygen atoms in total. The normalized spacial score (nSPS) is 19.5. The number of aliphatic hydroxyl groups is 1. The minimum Gasteiger partial charge on any atom is -0.467 e. The van der Waals surface area contributed by atoms with Crippen LogP contribution < -0.4 is 10.6 Å². The van der Waals surface area contributed by atoms with E-state index in [1.54, 1.807) is 24.3 Å². The van der Waals surface area contributed by atoms with Crippen LogP contribution in [0.4, 0.5) is 4.79 Å². The summed E-state index contributed by atoms with van der Waals surface area (Å²) >= 11 is 0. The molecule has 2 amide bonds. The lowest BCUT2D eigenvalue weighted by Crippen LogP contribution is -2.66. The number of alkyl carbamates (subject to hydrolysis) is 1. The molecule has 0 unspecified atom stereocenters. The van der Waals surface area contributed by atoms with Gasteiger partial charge in [0.1, 0.15) is 19.3 Å². The first-order valence-electron chi connectivity index (χ1n) is 12.6. The van der Waals surface area contributed by atoms with Crippen molar-refractivity contribution in [1.82, 2.24) is 10.6 Å². The fraction of sp³-hybridized carbons (Fsp3) is 0.429. The maximum absolute atomic E-state index is 13.3. The Morgan fingerprint density at radius 3 is 2.13 bits per heavy atom. The summed E-state index contributed by atoms with van der Waals surface area (Å²) in [5.41, 5.74) is -0.0848. The summed E-state index contributed by atoms with van der Waals surface area (Å²) in [5, 5.41) is 15.7. The van der Waals surface area contributed by atoms with Gasteiger partial charge < -0.3 is 30.0 Å². The molecule has 10 heteroatoms. The maximum atomic E-state index is 13.3. The smallest absolute Gasteiger partial charge is 0.408 e. The van der Waals surface area contributed by atoms with E-state index in [1.807, 2.05) is 36.4 Å². The number of benzene rings is 2.